The fourth-order valence-corrected chi connectivity index (χ4v) is 3.97. The maximum absolute atomic E-state index is 10.1. The van der Waals surface area contributed by atoms with Crippen molar-refractivity contribution in [3.8, 4) is 0 Å². The number of benzene rings is 1. The fourth-order valence-electron chi connectivity index (χ4n) is 3.97. The Labute approximate surface area is 140 Å². The summed E-state index contributed by atoms with van der Waals surface area (Å²) in [6.07, 6.45) is 9.84. The van der Waals surface area contributed by atoms with E-state index in [0.717, 1.165) is 12.1 Å². The SMILES string of the molecule is C1CCCC1.OC(COC1CN2CCC1CC2)c1ccccc1. The highest BCUT2D eigenvalue weighted by molar-refractivity contribution is 5.17. The number of aliphatic hydroxyl groups is 1. The van der Waals surface area contributed by atoms with E-state index in [1.165, 1.54) is 58.0 Å². The smallest absolute Gasteiger partial charge is 0.102 e. The molecule has 128 valence electrons. The average molecular weight is 317 g/mol. The van der Waals surface area contributed by atoms with Gasteiger partial charge in [-0.15, -0.1) is 0 Å². The van der Waals surface area contributed by atoms with Crippen LogP contribution in [0.4, 0.5) is 0 Å². The molecule has 3 saturated heterocycles. The third-order valence-electron chi connectivity index (χ3n) is 5.50. The second kappa shape index (κ2) is 8.81. The maximum Gasteiger partial charge on any atom is 0.102 e. The minimum atomic E-state index is -0.498. The lowest BCUT2D eigenvalue weighted by Gasteiger charge is -2.44. The van der Waals surface area contributed by atoms with Gasteiger partial charge in [-0.05, 0) is 37.4 Å². The zero-order valence-electron chi connectivity index (χ0n) is 14.2. The number of rotatable bonds is 4. The molecule has 1 N–H and O–H groups in total. The molecule has 4 fully saturated rings. The Morgan fingerprint density at radius 1 is 1.00 bits per heavy atom. The van der Waals surface area contributed by atoms with Gasteiger partial charge in [-0.3, -0.25) is 0 Å². The summed E-state index contributed by atoms with van der Waals surface area (Å²) in [6.45, 7) is 3.92. The van der Waals surface area contributed by atoms with Crippen LogP contribution in [0.2, 0.25) is 0 Å². The van der Waals surface area contributed by atoms with Gasteiger partial charge in [-0.2, -0.15) is 0 Å². The first-order valence-corrected chi connectivity index (χ1v) is 9.40. The molecule has 5 rings (SSSR count). The fraction of sp³-hybridized carbons (Fsp3) is 0.700. The molecule has 3 heteroatoms. The van der Waals surface area contributed by atoms with Crippen LogP contribution < -0.4 is 0 Å². The van der Waals surface area contributed by atoms with E-state index in [1.54, 1.807) is 0 Å². The second-order valence-corrected chi connectivity index (χ2v) is 7.20. The lowest BCUT2D eigenvalue weighted by atomic mass is 9.86. The Morgan fingerprint density at radius 3 is 2.13 bits per heavy atom. The Bertz CT molecular complexity index is 431. The van der Waals surface area contributed by atoms with E-state index in [2.05, 4.69) is 4.90 Å². The van der Waals surface area contributed by atoms with Crippen LogP contribution in [0.15, 0.2) is 30.3 Å². The topological polar surface area (TPSA) is 32.7 Å². The van der Waals surface area contributed by atoms with E-state index in [4.69, 9.17) is 4.74 Å². The van der Waals surface area contributed by atoms with Crippen LogP contribution in [0.5, 0.6) is 0 Å². The summed E-state index contributed by atoms with van der Waals surface area (Å²) >= 11 is 0. The largest absolute Gasteiger partial charge is 0.386 e. The van der Waals surface area contributed by atoms with Crippen molar-refractivity contribution in [2.45, 2.75) is 57.2 Å². The molecule has 3 aliphatic heterocycles. The molecule has 3 heterocycles. The van der Waals surface area contributed by atoms with Crippen LogP contribution in [0, 0.1) is 5.92 Å². The van der Waals surface area contributed by atoms with Gasteiger partial charge in [-0.1, -0.05) is 62.4 Å². The highest BCUT2D eigenvalue weighted by atomic mass is 16.5. The Kier molecular flexibility index (Phi) is 6.49. The quantitative estimate of drug-likeness (QED) is 0.917. The first kappa shape index (κ1) is 16.9. The van der Waals surface area contributed by atoms with Crippen molar-refractivity contribution >= 4 is 0 Å². The van der Waals surface area contributed by atoms with Crippen LogP contribution >= 0.6 is 0 Å². The highest BCUT2D eigenvalue weighted by Crippen LogP contribution is 2.30. The number of hydrogen-bond acceptors (Lipinski definition) is 3. The molecule has 2 atom stereocenters. The third-order valence-corrected chi connectivity index (χ3v) is 5.50. The minimum Gasteiger partial charge on any atom is -0.386 e. The van der Waals surface area contributed by atoms with Crippen LogP contribution in [-0.2, 0) is 4.74 Å². The molecule has 1 aromatic rings. The van der Waals surface area contributed by atoms with E-state index < -0.39 is 6.10 Å². The standard InChI is InChI=1S/C15H21NO2.C5H10/c17-14(12-4-2-1-3-5-12)11-18-15-10-16-8-6-13(15)7-9-16;1-2-4-5-3-1/h1-5,13-15,17H,6-11H2;1-5H2. The summed E-state index contributed by atoms with van der Waals surface area (Å²) in [5, 5.41) is 10.1. The summed E-state index contributed by atoms with van der Waals surface area (Å²) in [6, 6.07) is 9.76. The van der Waals surface area contributed by atoms with Crippen LogP contribution in [0.3, 0.4) is 0 Å². The first-order valence-electron chi connectivity index (χ1n) is 9.40. The monoisotopic (exact) mass is 317 g/mol. The molecule has 0 radical (unpaired) electrons. The van der Waals surface area contributed by atoms with Gasteiger partial charge in [0.25, 0.3) is 0 Å². The number of hydrogen-bond donors (Lipinski definition) is 1. The lowest BCUT2D eigenvalue weighted by molar-refractivity contribution is -0.0919. The van der Waals surface area contributed by atoms with Crippen molar-refractivity contribution in [3.05, 3.63) is 35.9 Å². The van der Waals surface area contributed by atoms with E-state index >= 15 is 0 Å². The second-order valence-electron chi connectivity index (χ2n) is 7.20. The predicted molar refractivity (Wildman–Crippen MR) is 93.4 cm³/mol. The normalized spacial score (nSPS) is 30.6. The molecule has 1 saturated carbocycles. The molecular weight excluding hydrogens is 286 g/mol. The molecule has 0 aromatic heterocycles. The number of piperidine rings is 3. The summed E-state index contributed by atoms with van der Waals surface area (Å²) in [5.74, 6) is 0.706. The molecular formula is C20H31NO2. The Hall–Kier alpha value is -0.900. The number of nitrogens with zero attached hydrogens (tertiary/aromatic N) is 1. The predicted octanol–water partition coefficient (Wildman–Crippen LogP) is 3.78. The highest BCUT2D eigenvalue weighted by Gasteiger charge is 2.34. The average Bonchev–Trinajstić information content (AvgIpc) is 3.21. The van der Waals surface area contributed by atoms with Crippen molar-refractivity contribution in [1.29, 1.82) is 0 Å². The van der Waals surface area contributed by atoms with Gasteiger partial charge < -0.3 is 14.7 Å². The molecule has 23 heavy (non-hydrogen) atoms. The number of aliphatic hydroxyl groups excluding tert-OH is 1. The van der Waals surface area contributed by atoms with Gasteiger partial charge in [0.2, 0.25) is 0 Å². The molecule has 0 amide bonds. The summed E-state index contributed by atoms with van der Waals surface area (Å²) < 4.78 is 5.94. The van der Waals surface area contributed by atoms with Crippen molar-refractivity contribution in [3.63, 3.8) is 0 Å². The van der Waals surface area contributed by atoms with E-state index in [-0.39, 0.29) is 0 Å². The van der Waals surface area contributed by atoms with Gasteiger partial charge in [0.1, 0.15) is 6.10 Å². The molecule has 4 aliphatic rings. The van der Waals surface area contributed by atoms with Crippen molar-refractivity contribution < 1.29 is 9.84 Å². The zero-order chi connectivity index (χ0) is 15.9. The van der Waals surface area contributed by atoms with Gasteiger partial charge in [0.05, 0.1) is 12.7 Å². The summed E-state index contributed by atoms with van der Waals surface area (Å²) in [5.41, 5.74) is 0.943. The van der Waals surface area contributed by atoms with E-state index in [9.17, 15) is 5.11 Å². The van der Waals surface area contributed by atoms with Gasteiger partial charge in [-0.25, -0.2) is 0 Å². The summed E-state index contributed by atoms with van der Waals surface area (Å²) in [4.78, 5) is 2.47. The van der Waals surface area contributed by atoms with Crippen LogP contribution in [0.25, 0.3) is 0 Å². The van der Waals surface area contributed by atoms with Crippen molar-refractivity contribution in [2.24, 2.45) is 5.92 Å². The molecule has 0 spiro atoms. The summed E-state index contributed by atoms with van der Waals surface area (Å²) in [7, 11) is 0. The van der Waals surface area contributed by atoms with Gasteiger partial charge in [0.15, 0.2) is 0 Å². The first-order chi connectivity index (χ1) is 11.3. The van der Waals surface area contributed by atoms with Crippen LogP contribution in [-0.4, -0.2) is 42.4 Å². The molecule has 3 nitrogen and oxygen atoms in total. The van der Waals surface area contributed by atoms with Gasteiger partial charge >= 0.3 is 0 Å². The van der Waals surface area contributed by atoms with Crippen LogP contribution in [0.1, 0.15) is 56.6 Å². The third kappa shape index (κ3) is 5.03. The number of fused-ring (bicyclic) bond motifs is 3. The molecule has 1 aliphatic carbocycles. The van der Waals surface area contributed by atoms with E-state index in [1.807, 2.05) is 30.3 Å². The zero-order valence-corrected chi connectivity index (χ0v) is 14.2. The molecule has 2 bridgehead atoms. The maximum atomic E-state index is 10.1. The van der Waals surface area contributed by atoms with Crippen molar-refractivity contribution in [1.82, 2.24) is 4.90 Å². The van der Waals surface area contributed by atoms with Gasteiger partial charge in [0, 0.05) is 6.54 Å². The lowest BCUT2D eigenvalue weighted by Crippen LogP contribution is -2.51. The molecule has 1 aromatic carbocycles. The van der Waals surface area contributed by atoms with Crippen molar-refractivity contribution in [2.75, 3.05) is 26.2 Å². The Morgan fingerprint density at radius 2 is 1.61 bits per heavy atom. The minimum absolute atomic E-state index is 0.325. The number of ether oxygens (including phenoxy) is 1. The molecule has 2 unspecified atom stereocenters. The van der Waals surface area contributed by atoms with E-state index in [0.29, 0.717) is 18.6 Å². The Balaban J connectivity index is 0.000000267.